The number of amidine groups is 1. The third-order valence-electron chi connectivity index (χ3n) is 8.27. The molecule has 2 atom stereocenters. The van der Waals surface area contributed by atoms with E-state index in [1.807, 2.05) is 26.0 Å². The largest absolute Gasteiger partial charge is 0.351 e. The van der Waals surface area contributed by atoms with Crippen LogP contribution < -0.4 is 16.0 Å². The fraction of sp³-hybridized carbons (Fsp3) is 0.654. The van der Waals surface area contributed by atoms with Gasteiger partial charge in [-0.05, 0) is 80.7 Å². The molecule has 2 heterocycles. The number of nitrogens with two attached hydrogens (primary N) is 1. The summed E-state index contributed by atoms with van der Waals surface area (Å²) < 4.78 is 27.9. The number of nitrogens with one attached hydrogen (secondary N) is 1. The Morgan fingerprint density at radius 1 is 1.22 bits per heavy atom. The second-order valence-electron chi connectivity index (χ2n) is 10.9. The van der Waals surface area contributed by atoms with Crippen molar-refractivity contribution in [1.29, 1.82) is 0 Å². The molecule has 10 heteroatoms. The Bertz CT molecular complexity index is 1150. The highest BCUT2D eigenvalue weighted by Gasteiger charge is 2.48. The molecule has 36 heavy (non-hydrogen) atoms. The molecule has 1 spiro atoms. The molecule has 3 aliphatic rings. The molecule has 1 saturated carbocycles. The Hall–Kier alpha value is -2.46. The van der Waals surface area contributed by atoms with E-state index in [1.54, 1.807) is 7.05 Å². The van der Waals surface area contributed by atoms with Crippen LogP contribution >= 0.6 is 0 Å². The summed E-state index contributed by atoms with van der Waals surface area (Å²) in [4.78, 5) is 30.7. The van der Waals surface area contributed by atoms with Crippen LogP contribution in [0.15, 0.2) is 17.1 Å². The summed E-state index contributed by atoms with van der Waals surface area (Å²) in [6.07, 6.45) is 5.69. The molecule has 1 aliphatic carbocycles. The second kappa shape index (κ2) is 10.1. The van der Waals surface area contributed by atoms with Gasteiger partial charge in [0.1, 0.15) is 11.4 Å². The Kier molecular flexibility index (Phi) is 7.48. The average Bonchev–Trinajstić information content (AvgIpc) is 3.13. The van der Waals surface area contributed by atoms with Crippen molar-refractivity contribution in [3.63, 3.8) is 0 Å². The van der Waals surface area contributed by atoms with Crippen molar-refractivity contribution in [3.8, 4) is 0 Å². The van der Waals surface area contributed by atoms with Gasteiger partial charge in [0.25, 0.3) is 5.91 Å². The number of hydrogen-bond donors (Lipinski definition) is 2. The Morgan fingerprint density at radius 3 is 2.44 bits per heavy atom. The van der Waals surface area contributed by atoms with Crippen LogP contribution in [-0.4, -0.2) is 61.9 Å². The van der Waals surface area contributed by atoms with E-state index in [1.165, 1.54) is 15.6 Å². The van der Waals surface area contributed by atoms with Crippen LogP contribution in [0.25, 0.3) is 0 Å². The van der Waals surface area contributed by atoms with Gasteiger partial charge in [0.15, 0.2) is 0 Å². The SMILES string of the molecule is Cc1cc(N(C)C(N)=O)cc(C)c1CCS(=O)(=O)N1CCC2(CC1)N=C(C1CCCC(C)C1)NC2=O. The molecule has 1 aromatic rings. The molecule has 2 aliphatic heterocycles. The maximum atomic E-state index is 13.2. The van der Waals surface area contributed by atoms with Crippen LogP contribution in [0, 0.1) is 25.7 Å². The topological polar surface area (TPSA) is 125 Å². The number of nitrogens with zero attached hydrogens (tertiary/aromatic N) is 3. The van der Waals surface area contributed by atoms with Gasteiger partial charge in [0, 0.05) is 31.7 Å². The molecule has 2 unspecified atom stereocenters. The van der Waals surface area contributed by atoms with Crippen molar-refractivity contribution in [3.05, 3.63) is 28.8 Å². The fourth-order valence-electron chi connectivity index (χ4n) is 5.94. The van der Waals surface area contributed by atoms with Crippen LogP contribution in [0.5, 0.6) is 0 Å². The number of piperidine rings is 1. The van der Waals surface area contributed by atoms with Gasteiger partial charge in [-0.2, -0.15) is 0 Å². The zero-order chi connectivity index (χ0) is 26.3. The van der Waals surface area contributed by atoms with E-state index in [0.717, 1.165) is 41.8 Å². The minimum atomic E-state index is -3.49. The highest BCUT2D eigenvalue weighted by Crippen LogP contribution is 2.36. The highest BCUT2D eigenvalue weighted by atomic mass is 32.2. The zero-order valence-electron chi connectivity index (χ0n) is 21.8. The fourth-order valence-corrected chi connectivity index (χ4v) is 7.40. The van der Waals surface area contributed by atoms with Gasteiger partial charge in [-0.3, -0.25) is 14.7 Å². The number of amides is 3. The van der Waals surface area contributed by atoms with Crippen LogP contribution in [0.2, 0.25) is 0 Å². The van der Waals surface area contributed by atoms with Crippen molar-refractivity contribution in [1.82, 2.24) is 9.62 Å². The lowest BCUT2D eigenvalue weighted by Crippen LogP contribution is -2.51. The predicted octanol–water partition coefficient (Wildman–Crippen LogP) is 2.88. The number of anilines is 1. The molecule has 0 aromatic heterocycles. The number of aliphatic imine (C=N–C) groups is 1. The number of carbonyl (C=O) groups excluding carboxylic acids is 2. The summed E-state index contributed by atoms with van der Waals surface area (Å²) in [7, 11) is -1.88. The Morgan fingerprint density at radius 2 is 1.86 bits per heavy atom. The summed E-state index contributed by atoms with van der Waals surface area (Å²) in [6.45, 7) is 6.68. The molecular formula is C26H39N5O4S. The number of urea groups is 1. The van der Waals surface area contributed by atoms with E-state index in [-0.39, 0.29) is 11.7 Å². The smallest absolute Gasteiger partial charge is 0.318 e. The molecule has 9 nitrogen and oxygen atoms in total. The van der Waals surface area contributed by atoms with Crippen LogP contribution in [-0.2, 0) is 21.2 Å². The lowest BCUT2D eigenvalue weighted by Gasteiger charge is -2.34. The molecule has 3 amide bonds. The van der Waals surface area contributed by atoms with E-state index >= 15 is 0 Å². The number of primary amides is 1. The van der Waals surface area contributed by atoms with Crippen molar-refractivity contribution >= 4 is 33.5 Å². The van der Waals surface area contributed by atoms with Gasteiger partial charge >= 0.3 is 6.03 Å². The molecule has 3 N–H and O–H groups in total. The molecule has 1 aromatic carbocycles. The number of hydrogen-bond acceptors (Lipinski definition) is 5. The van der Waals surface area contributed by atoms with Gasteiger partial charge < -0.3 is 11.1 Å². The lowest BCUT2D eigenvalue weighted by molar-refractivity contribution is -0.125. The molecule has 198 valence electrons. The first kappa shape index (κ1) is 26.6. The number of sulfonamides is 1. The van der Waals surface area contributed by atoms with Gasteiger partial charge in [-0.1, -0.05) is 19.8 Å². The maximum absolute atomic E-state index is 13.2. The average molecular weight is 518 g/mol. The van der Waals surface area contributed by atoms with Crippen molar-refractivity contribution < 1.29 is 18.0 Å². The van der Waals surface area contributed by atoms with E-state index in [0.29, 0.717) is 49.9 Å². The van der Waals surface area contributed by atoms with Crippen molar-refractivity contribution in [2.24, 2.45) is 22.6 Å². The summed E-state index contributed by atoms with van der Waals surface area (Å²) in [6, 6.07) is 3.16. The first-order valence-electron chi connectivity index (χ1n) is 12.9. The molecular weight excluding hydrogens is 478 g/mol. The van der Waals surface area contributed by atoms with Gasteiger partial charge in [-0.25, -0.2) is 17.5 Å². The highest BCUT2D eigenvalue weighted by molar-refractivity contribution is 7.89. The summed E-state index contributed by atoms with van der Waals surface area (Å²) in [5.74, 6) is 1.69. The molecule has 4 rings (SSSR count). The first-order chi connectivity index (χ1) is 16.9. The van der Waals surface area contributed by atoms with E-state index in [2.05, 4.69) is 12.2 Å². The van der Waals surface area contributed by atoms with E-state index < -0.39 is 21.6 Å². The van der Waals surface area contributed by atoms with Crippen LogP contribution in [0.3, 0.4) is 0 Å². The monoisotopic (exact) mass is 517 g/mol. The number of carbonyl (C=O) groups is 2. The van der Waals surface area contributed by atoms with Crippen molar-refractivity contribution in [2.45, 2.75) is 71.3 Å². The third-order valence-corrected chi connectivity index (χ3v) is 10.1. The maximum Gasteiger partial charge on any atom is 0.318 e. The van der Waals surface area contributed by atoms with Crippen LogP contribution in [0.4, 0.5) is 10.5 Å². The molecule has 0 radical (unpaired) electrons. The number of rotatable bonds is 6. The van der Waals surface area contributed by atoms with Gasteiger partial charge in [0.05, 0.1) is 5.75 Å². The minimum absolute atomic E-state index is 0.00659. The summed E-state index contributed by atoms with van der Waals surface area (Å²) >= 11 is 0. The quantitative estimate of drug-likeness (QED) is 0.602. The third kappa shape index (κ3) is 5.29. The number of aryl methyl sites for hydroxylation is 2. The van der Waals surface area contributed by atoms with E-state index in [4.69, 9.17) is 10.7 Å². The van der Waals surface area contributed by atoms with Gasteiger partial charge in [-0.15, -0.1) is 0 Å². The Balaban J connectivity index is 1.39. The summed E-state index contributed by atoms with van der Waals surface area (Å²) in [5, 5.41) is 3.05. The lowest BCUT2D eigenvalue weighted by atomic mass is 9.82. The first-order valence-corrected chi connectivity index (χ1v) is 14.5. The second-order valence-corrected chi connectivity index (χ2v) is 13.0. The van der Waals surface area contributed by atoms with E-state index in [9.17, 15) is 18.0 Å². The summed E-state index contributed by atoms with van der Waals surface area (Å²) in [5.41, 5.74) is 8.04. The normalized spacial score (nSPS) is 24.4. The molecule has 0 bridgehead atoms. The standard InChI is InChI=1S/C26H39N5O4S/c1-17-6-5-7-20(14-17)23-28-24(32)26(29-23)9-11-31(12-10-26)36(34,35)13-8-22-18(2)15-21(16-19(22)3)30(4)25(27)33/h15-17,20H,5-14H2,1-4H3,(H2,27,33)(H,28,29,32). The molecule has 2 fully saturated rings. The Labute approximate surface area is 214 Å². The van der Waals surface area contributed by atoms with Crippen molar-refractivity contribution in [2.75, 3.05) is 30.8 Å². The number of benzene rings is 1. The minimum Gasteiger partial charge on any atom is -0.351 e. The molecule has 1 saturated heterocycles. The predicted molar refractivity (Wildman–Crippen MR) is 142 cm³/mol. The van der Waals surface area contributed by atoms with Crippen LogP contribution in [0.1, 0.15) is 62.1 Å². The zero-order valence-corrected chi connectivity index (χ0v) is 22.7. The van der Waals surface area contributed by atoms with Gasteiger partial charge in [0.2, 0.25) is 10.0 Å².